The molecule has 0 aromatic heterocycles. The topological polar surface area (TPSA) is 315 Å². The van der Waals surface area contributed by atoms with Crippen LogP contribution < -0.4 is 43.8 Å². The predicted octanol–water partition coefficient (Wildman–Crippen LogP) is -6.95. The molecule has 42 heavy (non-hydrogen) atoms. The number of rotatable bonds is 15. The average molecular weight is 598 g/mol. The summed E-state index contributed by atoms with van der Waals surface area (Å²) in [6, 6.07) is -6.74. The van der Waals surface area contributed by atoms with Gasteiger partial charge in [0, 0.05) is 13.0 Å². The Bertz CT molecular complexity index is 1130. The number of hydrogen-bond acceptors (Lipinski definition) is 10. The van der Waals surface area contributed by atoms with Gasteiger partial charge < -0.3 is 53.8 Å². The van der Waals surface area contributed by atoms with Gasteiger partial charge in [-0.05, 0) is 19.3 Å². The quantitative estimate of drug-likeness (QED) is 0.0858. The highest BCUT2D eigenvalue weighted by Crippen LogP contribution is 2.19. The van der Waals surface area contributed by atoms with Gasteiger partial charge in [0.25, 0.3) is 0 Å². The minimum absolute atomic E-state index is 0.0283. The molecule has 19 nitrogen and oxygen atoms in total. The van der Waals surface area contributed by atoms with Gasteiger partial charge in [0.05, 0.1) is 26.0 Å². The van der Waals surface area contributed by atoms with Crippen LogP contribution in [-0.2, 0) is 43.2 Å². The third-order valence-corrected chi connectivity index (χ3v) is 6.46. The Morgan fingerprint density at radius 2 is 1.43 bits per heavy atom. The molecule has 2 heterocycles. The van der Waals surface area contributed by atoms with Crippen molar-refractivity contribution in [3.05, 3.63) is 0 Å². The van der Waals surface area contributed by atoms with Crippen molar-refractivity contribution in [2.45, 2.75) is 68.7 Å². The SMILES string of the molecule is NC(=O)CNC(=O)[C@H](CC(N)=O)NC(=O)[C@@H]1CCCN1C(=O)[C@H](CO)NC(=O)[C@H](CC(N)=O)NC(=O)[C@@H]1CCC(=O)N1. The van der Waals surface area contributed by atoms with E-state index >= 15 is 0 Å². The number of likely N-dealkylation sites (tertiary alicyclic amines) is 1. The second kappa shape index (κ2) is 15.3. The minimum atomic E-state index is -1.61. The molecule has 0 aromatic carbocycles. The van der Waals surface area contributed by atoms with E-state index < -0.39 is 103 Å². The molecule has 2 rings (SSSR count). The highest BCUT2D eigenvalue weighted by Gasteiger charge is 2.40. The lowest BCUT2D eigenvalue weighted by Gasteiger charge is -2.29. The molecular weight excluding hydrogens is 562 g/mol. The Morgan fingerprint density at radius 3 is 1.95 bits per heavy atom. The van der Waals surface area contributed by atoms with Crippen LogP contribution in [0.25, 0.3) is 0 Å². The largest absolute Gasteiger partial charge is 0.394 e. The molecule has 12 N–H and O–H groups in total. The van der Waals surface area contributed by atoms with Crippen molar-refractivity contribution in [1.82, 2.24) is 31.5 Å². The van der Waals surface area contributed by atoms with E-state index in [-0.39, 0.29) is 31.7 Å². The summed E-state index contributed by atoms with van der Waals surface area (Å²) in [5.74, 6) is -7.58. The second-order valence-corrected chi connectivity index (χ2v) is 9.74. The summed E-state index contributed by atoms with van der Waals surface area (Å²) in [6.07, 6.45) is -0.556. The van der Waals surface area contributed by atoms with Crippen molar-refractivity contribution in [3.63, 3.8) is 0 Å². The zero-order chi connectivity index (χ0) is 31.6. The number of primary amides is 3. The predicted molar refractivity (Wildman–Crippen MR) is 139 cm³/mol. The molecule has 2 aliphatic rings. The number of aliphatic hydroxyl groups is 1. The maximum atomic E-state index is 13.3. The van der Waals surface area contributed by atoms with Crippen LogP contribution in [0.4, 0.5) is 0 Å². The summed E-state index contributed by atoms with van der Waals surface area (Å²) >= 11 is 0. The van der Waals surface area contributed by atoms with Crippen molar-refractivity contribution in [2.24, 2.45) is 17.2 Å². The molecule has 0 aliphatic carbocycles. The molecular formula is C23H35N9O10. The molecule has 2 aliphatic heterocycles. The smallest absolute Gasteiger partial charge is 0.248 e. The molecule has 0 aromatic rings. The fourth-order valence-electron chi connectivity index (χ4n) is 4.43. The number of nitrogens with two attached hydrogens (primary N) is 3. The first kappa shape index (κ1) is 33.4. The number of hydrogen-bond donors (Lipinski definition) is 9. The van der Waals surface area contributed by atoms with Crippen LogP contribution in [0.2, 0.25) is 0 Å². The number of nitrogens with one attached hydrogen (secondary N) is 5. The number of carbonyl (C=O) groups excluding carboxylic acids is 9. The van der Waals surface area contributed by atoms with Crippen molar-refractivity contribution in [3.8, 4) is 0 Å². The van der Waals surface area contributed by atoms with Gasteiger partial charge in [-0.3, -0.25) is 43.2 Å². The van der Waals surface area contributed by atoms with Gasteiger partial charge in [0.2, 0.25) is 53.2 Å². The van der Waals surface area contributed by atoms with Crippen molar-refractivity contribution < 1.29 is 48.3 Å². The number of carbonyl (C=O) groups is 9. The Balaban J connectivity index is 2.10. The average Bonchev–Trinajstić information content (AvgIpc) is 3.58. The van der Waals surface area contributed by atoms with E-state index in [1.807, 2.05) is 0 Å². The molecule has 0 saturated carbocycles. The molecule has 2 saturated heterocycles. The third kappa shape index (κ3) is 9.68. The lowest BCUT2D eigenvalue weighted by atomic mass is 10.1. The van der Waals surface area contributed by atoms with Gasteiger partial charge in [0.1, 0.15) is 30.2 Å². The molecule has 0 radical (unpaired) electrons. The van der Waals surface area contributed by atoms with Crippen molar-refractivity contribution >= 4 is 53.2 Å². The van der Waals surface area contributed by atoms with Gasteiger partial charge in [-0.15, -0.1) is 0 Å². The van der Waals surface area contributed by atoms with Crippen LogP contribution in [0.15, 0.2) is 0 Å². The molecule has 9 amide bonds. The first-order valence-electron chi connectivity index (χ1n) is 13.0. The number of nitrogens with zero attached hydrogens (tertiary/aromatic N) is 1. The van der Waals surface area contributed by atoms with Crippen LogP contribution in [0.3, 0.4) is 0 Å². The lowest BCUT2D eigenvalue weighted by Crippen LogP contribution is -2.60. The zero-order valence-corrected chi connectivity index (χ0v) is 22.6. The van der Waals surface area contributed by atoms with E-state index in [1.165, 1.54) is 0 Å². The van der Waals surface area contributed by atoms with Crippen molar-refractivity contribution in [1.29, 1.82) is 0 Å². The Kier molecular flexibility index (Phi) is 12.1. The molecule has 232 valence electrons. The molecule has 19 heteroatoms. The van der Waals surface area contributed by atoms with Crippen LogP contribution in [0, 0.1) is 0 Å². The van der Waals surface area contributed by atoms with Crippen LogP contribution in [0.5, 0.6) is 0 Å². The lowest BCUT2D eigenvalue weighted by molar-refractivity contribution is -0.143. The summed E-state index contributed by atoms with van der Waals surface area (Å²) in [5, 5.41) is 21.3. The summed E-state index contributed by atoms with van der Waals surface area (Å²) < 4.78 is 0. The molecule has 0 spiro atoms. The molecule has 2 fully saturated rings. The fraction of sp³-hybridized carbons (Fsp3) is 0.609. The van der Waals surface area contributed by atoms with E-state index in [4.69, 9.17) is 17.2 Å². The van der Waals surface area contributed by atoms with Gasteiger partial charge in [-0.25, -0.2) is 0 Å². The van der Waals surface area contributed by atoms with Crippen LogP contribution in [-0.4, -0.2) is 113 Å². The molecule has 0 unspecified atom stereocenters. The van der Waals surface area contributed by atoms with E-state index in [0.717, 1.165) is 4.90 Å². The fourth-order valence-corrected chi connectivity index (χ4v) is 4.43. The minimum Gasteiger partial charge on any atom is -0.394 e. The van der Waals surface area contributed by atoms with E-state index in [1.54, 1.807) is 0 Å². The Morgan fingerprint density at radius 1 is 0.833 bits per heavy atom. The number of aliphatic hydroxyl groups excluding tert-OH is 1. The molecule has 5 atom stereocenters. The standard InChI is InChI=1S/C23H35N9O10/c24-15(34)6-11(19(38)27-8-17(26)36)30-22(41)14-2-1-5-32(14)23(42)13(9-33)31-21(40)12(7-16(25)35)29-20(39)10-3-4-18(37)28-10/h10-14,33H,1-9H2,(H2,24,34)(H2,25,35)(H2,26,36)(H,27,38)(H,28,37)(H,29,39)(H,30,41)(H,31,40)/t10-,11-,12-,13-,14-/m0/s1. The van der Waals surface area contributed by atoms with Crippen molar-refractivity contribution in [2.75, 3.05) is 19.7 Å². The van der Waals surface area contributed by atoms with Gasteiger partial charge in [0.15, 0.2) is 0 Å². The first-order valence-corrected chi connectivity index (χ1v) is 13.0. The van der Waals surface area contributed by atoms with Crippen LogP contribution in [0.1, 0.15) is 38.5 Å². The summed E-state index contributed by atoms with van der Waals surface area (Å²) in [5.41, 5.74) is 15.3. The maximum absolute atomic E-state index is 13.3. The van der Waals surface area contributed by atoms with E-state index in [0.29, 0.717) is 6.42 Å². The number of amides is 9. The highest BCUT2D eigenvalue weighted by molar-refractivity contribution is 5.99. The Labute approximate surface area is 239 Å². The highest BCUT2D eigenvalue weighted by atomic mass is 16.3. The van der Waals surface area contributed by atoms with E-state index in [2.05, 4.69) is 26.6 Å². The van der Waals surface area contributed by atoms with Gasteiger partial charge in [-0.2, -0.15) is 0 Å². The van der Waals surface area contributed by atoms with Gasteiger partial charge in [-0.1, -0.05) is 0 Å². The third-order valence-electron chi connectivity index (χ3n) is 6.46. The molecule has 0 bridgehead atoms. The van der Waals surface area contributed by atoms with Gasteiger partial charge >= 0.3 is 0 Å². The van der Waals surface area contributed by atoms with Crippen LogP contribution >= 0.6 is 0 Å². The first-order chi connectivity index (χ1) is 19.7. The monoisotopic (exact) mass is 597 g/mol. The summed E-state index contributed by atoms with van der Waals surface area (Å²) in [4.78, 5) is 110. The normalized spacial score (nSPS) is 19.9. The zero-order valence-electron chi connectivity index (χ0n) is 22.6. The van der Waals surface area contributed by atoms with E-state index in [9.17, 15) is 48.3 Å². The Hall–Kier alpha value is -4.81. The second-order valence-electron chi connectivity index (χ2n) is 9.74. The maximum Gasteiger partial charge on any atom is 0.248 e. The summed E-state index contributed by atoms with van der Waals surface area (Å²) in [7, 11) is 0. The summed E-state index contributed by atoms with van der Waals surface area (Å²) in [6.45, 7) is -1.46.